The number of nitrogens with zero attached hydrogens (tertiary/aromatic N) is 2. The highest BCUT2D eigenvalue weighted by atomic mass is 32.1. The molecule has 5 rings (SSSR count). The highest BCUT2D eigenvalue weighted by Gasteiger charge is 2.35. The predicted octanol–water partition coefficient (Wildman–Crippen LogP) is 4.42. The van der Waals surface area contributed by atoms with Crippen LogP contribution in [-0.4, -0.2) is 22.4 Å². The molecule has 2 aromatic heterocycles. The lowest BCUT2D eigenvalue weighted by atomic mass is 9.99. The molecule has 140 valence electrons. The van der Waals surface area contributed by atoms with E-state index in [1.54, 1.807) is 23.6 Å². The number of ketones is 1. The zero-order chi connectivity index (χ0) is 19.1. The van der Waals surface area contributed by atoms with Crippen molar-refractivity contribution in [3.8, 4) is 11.5 Å². The zero-order valence-corrected chi connectivity index (χ0v) is 16.2. The molecular formula is C22H18N2O3S. The topological polar surface area (TPSA) is 51.7 Å². The summed E-state index contributed by atoms with van der Waals surface area (Å²) in [4.78, 5) is 20.7. The zero-order valence-electron chi connectivity index (χ0n) is 15.3. The summed E-state index contributed by atoms with van der Waals surface area (Å²) in [6.07, 6.45) is 3.39. The predicted molar refractivity (Wildman–Crippen MR) is 107 cm³/mol. The molecule has 0 unspecified atom stereocenters. The smallest absolute Gasteiger partial charge is 0.232 e. The molecule has 0 fully saturated rings. The molecule has 0 aliphatic carbocycles. The molecule has 2 aliphatic heterocycles. The lowest BCUT2D eigenvalue weighted by Gasteiger charge is -2.29. The Labute approximate surface area is 166 Å². The number of ether oxygens (including phenoxy) is 2. The molecule has 0 spiro atoms. The van der Waals surface area contributed by atoms with E-state index in [0.29, 0.717) is 36.0 Å². The number of fused-ring (bicyclic) bond motifs is 3. The number of aromatic nitrogens is 1. The van der Waals surface area contributed by atoms with Gasteiger partial charge in [-0.05, 0) is 42.1 Å². The second-order valence-corrected chi connectivity index (χ2v) is 7.94. The molecule has 0 radical (unpaired) electrons. The highest BCUT2D eigenvalue weighted by Crippen LogP contribution is 2.44. The van der Waals surface area contributed by atoms with Crippen molar-refractivity contribution in [1.82, 2.24) is 9.88 Å². The average Bonchev–Trinajstić information content (AvgIpc) is 3.32. The van der Waals surface area contributed by atoms with Gasteiger partial charge in [0.2, 0.25) is 5.78 Å². The number of allylic oxidation sites excluding steroid dienone is 1. The third kappa shape index (κ3) is 3.00. The van der Waals surface area contributed by atoms with Crippen LogP contribution >= 0.6 is 11.3 Å². The van der Waals surface area contributed by atoms with Gasteiger partial charge in [0, 0.05) is 30.2 Å². The van der Waals surface area contributed by atoms with Crippen LogP contribution in [0.4, 0.5) is 0 Å². The van der Waals surface area contributed by atoms with Gasteiger partial charge in [0.1, 0.15) is 18.2 Å². The number of hydrogen-bond acceptors (Lipinski definition) is 6. The van der Waals surface area contributed by atoms with Crippen molar-refractivity contribution in [3.05, 3.63) is 81.0 Å². The van der Waals surface area contributed by atoms with E-state index in [0.717, 1.165) is 23.4 Å². The Bertz CT molecular complexity index is 1070. The molecule has 1 aromatic carbocycles. The largest absolute Gasteiger partial charge is 0.478 e. The summed E-state index contributed by atoms with van der Waals surface area (Å²) in [7, 11) is 0. The van der Waals surface area contributed by atoms with E-state index >= 15 is 0 Å². The Morgan fingerprint density at radius 2 is 2.21 bits per heavy atom. The first-order chi connectivity index (χ1) is 13.7. The highest BCUT2D eigenvalue weighted by molar-refractivity contribution is 7.09. The first-order valence-electron chi connectivity index (χ1n) is 9.08. The number of aryl methyl sites for hydroxylation is 1. The van der Waals surface area contributed by atoms with Crippen LogP contribution in [0.25, 0.3) is 6.08 Å². The quantitative estimate of drug-likeness (QED) is 0.620. The Morgan fingerprint density at radius 3 is 3.00 bits per heavy atom. The number of carbonyl (C=O) groups excluding carboxylic acids is 1. The second-order valence-electron chi connectivity index (χ2n) is 6.91. The van der Waals surface area contributed by atoms with E-state index < -0.39 is 0 Å². The third-order valence-corrected chi connectivity index (χ3v) is 5.78. The minimum Gasteiger partial charge on any atom is -0.478 e. The molecule has 28 heavy (non-hydrogen) atoms. The Balaban J connectivity index is 1.49. The lowest BCUT2D eigenvalue weighted by Crippen LogP contribution is -2.31. The van der Waals surface area contributed by atoms with E-state index in [4.69, 9.17) is 9.47 Å². The summed E-state index contributed by atoms with van der Waals surface area (Å²) in [6, 6.07) is 11.7. The minimum absolute atomic E-state index is 0.101. The van der Waals surface area contributed by atoms with E-state index in [-0.39, 0.29) is 5.78 Å². The van der Waals surface area contributed by atoms with Gasteiger partial charge in [-0.15, -0.1) is 11.3 Å². The first kappa shape index (κ1) is 17.2. The van der Waals surface area contributed by atoms with Crippen LogP contribution in [0.5, 0.6) is 11.5 Å². The van der Waals surface area contributed by atoms with Crippen LogP contribution < -0.4 is 9.47 Å². The molecular weight excluding hydrogens is 372 g/mol. The van der Waals surface area contributed by atoms with Gasteiger partial charge in [0.25, 0.3) is 0 Å². The number of benzene rings is 1. The molecule has 6 heteroatoms. The maximum Gasteiger partial charge on any atom is 0.232 e. The number of carbonyl (C=O) groups is 1. The van der Waals surface area contributed by atoms with Gasteiger partial charge in [-0.2, -0.15) is 0 Å². The van der Waals surface area contributed by atoms with Crippen LogP contribution in [0.1, 0.15) is 32.1 Å². The minimum atomic E-state index is -0.101. The monoisotopic (exact) mass is 390 g/mol. The van der Waals surface area contributed by atoms with Crippen molar-refractivity contribution in [2.24, 2.45) is 0 Å². The summed E-state index contributed by atoms with van der Waals surface area (Å²) >= 11 is 1.73. The van der Waals surface area contributed by atoms with Crippen LogP contribution in [0.2, 0.25) is 0 Å². The summed E-state index contributed by atoms with van der Waals surface area (Å²) in [5, 5.41) is 2.08. The van der Waals surface area contributed by atoms with Gasteiger partial charge in [0.15, 0.2) is 5.76 Å². The molecule has 3 aromatic rings. The fraction of sp³-hybridized carbons (Fsp3) is 0.182. The van der Waals surface area contributed by atoms with Gasteiger partial charge in [-0.1, -0.05) is 12.1 Å². The number of thiophene rings is 1. The van der Waals surface area contributed by atoms with Crippen molar-refractivity contribution >= 4 is 23.2 Å². The summed E-state index contributed by atoms with van der Waals surface area (Å²) < 4.78 is 12.0. The summed E-state index contributed by atoms with van der Waals surface area (Å²) in [6.45, 7) is 3.93. The van der Waals surface area contributed by atoms with Crippen molar-refractivity contribution in [2.45, 2.75) is 20.0 Å². The fourth-order valence-corrected chi connectivity index (χ4v) is 4.34. The average molecular weight is 390 g/mol. The molecule has 4 heterocycles. The standard InChI is InChI=1S/C22H18N2O3S/c1-14-9-18-17(12-24(13-26-18)11-16-6-4-8-28-16)22-20(14)21(25)19(27-22)10-15-5-2-3-7-23-15/h2-10H,11-13H2,1H3/b19-10-. The summed E-state index contributed by atoms with van der Waals surface area (Å²) in [5.74, 6) is 1.63. The van der Waals surface area contributed by atoms with Gasteiger partial charge < -0.3 is 9.47 Å². The normalized spacial score (nSPS) is 17.2. The Hall–Kier alpha value is -2.96. The van der Waals surface area contributed by atoms with Gasteiger partial charge in [0.05, 0.1) is 16.8 Å². The van der Waals surface area contributed by atoms with Gasteiger partial charge in [-0.3, -0.25) is 14.7 Å². The lowest BCUT2D eigenvalue weighted by molar-refractivity contribution is 0.0881. The van der Waals surface area contributed by atoms with Crippen LogP contribution in [0.15, 0.2) is 53.7 Å². The number of Topliss-reactive ketones (excluding diaryl/α,β-unsaturated/α-hetero) is 1. The van der Waals surface area contributed by atoms with Crippen molar-refractivity contribution in [3.63, 3.8) is 0 Å². The maximum atomic E-state index is 13.0. The van der Waals surface area contributed by atoms with E-state index in [9.17, 15) is 4.79 Å². The molecule has 0 amide bonds. The SMILES string of the molecule is Cc1cc2c(c3c1C(=O)/C(=C/c1ccccn1)O3)CN(Cc1cccs1)CO2. The van der Waals surface area contributed by atoms with Crippen LogP contribution in [0, 0.1) is 6.92 Å². The fourth-order valence-electron chi connectivity index (χ4n) is 3.60. The number of rotatable bonds is 3. The Kier molecular flexibility index (Phi) is 4.22. The molecule has 2 aliphatic rings. The molecule has 0 saturated heterocycles. The summed E-state index contributed by atoms with van der Waals surface area (Å²) in [5.41, 5.74) is 3.12. The molecule has 0 saturated carbocycles. The van der Waals surface area contributed by atoms with Crippen LogP contribution in [0.3, 0.4) is 0 Å². The van der Waals surface area contributed by atoms with E-state index in [1.807, 2.05) is 31.2 Å². The number of hydrogen-bond donors (Lipinski definition) is 0. The molecule has 0 bridgehead atoms. The van der Waals surface area contributed by atoms with Gasteiger partial charge in [-0.25, -0.2) is 0 Å². The van der Waals surface area contributed by atoms with E-state index in [2.05, 4.69) is 27.4 Å². The third-order valence-electron chi connectivity index (χ3n) is 4.91. The second kappa shape index (κ2) is 6.89. The molecule has 5 nitrogen and oxygen atoms in total. The Morgan fingerprint density at radius 1 is 1.29 bits per heavy atom. The van der Waals surface area contributed by atoms with Crippen molar-refractivity contribution < 1.29 is 14.3 Å². The first-order valence-corrected chi connectivity index (χ1v) is 9.96. The molecule has 0 atom stereocenters. The maximum absolute atomic E-state index is 13.0. The molecule has 0 N–H and O–H groups in total. The van der Waals surface area contributed by atoms with Gasteiger partial charge >= 0.3 is 0 Å². The number of pyridine rings is 1. The van der Waals surface area contributed by atoms with Crippen molar-refractivity contribution in [2.75, 3.05) is 6.73 Å². The van der Waals surface area contributed by atoms with Crippen molar-refractivity contribution in [1.29, 1.82) is 0 Å². The van der Waals surface area contributed by atoms with E-state index in [1.165, 1.54) is 4.88 Å². The van der Waals surface area contributed by atoms with Crippen LogP contribution in [-0.2, 0) is 13.1 Å².